The first-order chi connectivity index (χ1) is 9.38. The van der Waals surface area contributed by atoms with E-state index in [1.54, 1.807) is 6.20 Å². The lowest BCUT2D eigenvalue weighted by atomic mass is 9.87. The molecule has 5 nitrogen and oxygen atoms in total. The zero-order valence-electron chi connectivity index (χ0n) is 11.8. The van der Waals surface area contributed by atoms with E-state index in [1.165, 1.54) is 11.3 Å². The minimum atomic E-state index is -0.579. The lowest BCUT2D eigenvalue weighted by Crippen LogP contribution is -2.45. The van der Waals surface area contributed by atoms with Crippen LogP contribution in [-0.2, 0) is 4.79 Å². The highest BCUT2D eigenvalue weighted by Crippen LogP contribution is 2.24. The van der Waals surface area contributed by atoms with Crippen LogP contribution < -0.4 is 11.1 Å². The molecule has 106 valence electrons. The molecule has 0 unspecified atom stereocenters. The number of nitrogens with two attached hydrogens (primary N) is 1. The van der Waals surface area contributed by atoms with Gasteiger partial charge >= 0.3 is 0 Å². The first kappa shape index (κ1) is 14.6. The van der Waals surface area contributed by atoms with Gasteiger partial charge in [0.15, 0.2) is 5.13 Å². The number of hydrogen-bond acceptors (Lipinski definition) is 5. The smallest absolute Gasteiger partial charge is 0.243 e. The predicted molar refractivity (Wildman–Crippen MR) is 81.4 cm³/mol. The maximum atomic E-state index is 12.0. The normalized spacial score (nSPS) is 13.0. The Hall–Kier alpha value is -1.79. The van der Waals surface area contributed by atoms with Gasteiger partial charge in [0.1, 0.15) is 5.69 Å². The molecule has 0 radical (unpaired) electrons. The maximum Gasteiger partial charge on any atom is 0.243 e. The van der Waals surface area contributed by atoms with Crippen LogP contribution in [0.25, 0.3) is 11.4 Å². The largest absolute Gasteiger partial charge is 0.319 e. The minimum absolute atomic E-state index is 0.223. The molecule has 0 bridgehead atoms. The van der Waals surface area contributed by atoms with Crippen molar-refractivity contribution in [2.75, 3.05) is 5.32 Å². The van der Waals surface area contributed by atoms with E-state index >= 15 is 0 Å². The summed E-state index contributed by atoms with van der Waals surface area (Å²) < 4.78 is 0. The average Bonchev–Trinajstić information content (AvgIpc) is 2.86. The number of nitrogens with zero attached hydrogens (tertiary/aromatic N) is 2. The van der Waals surface area contributed by atoms with Crippen LogP contribution in [0, 0.1) is 5.41 Å². The lowest BCUT2D eigenvalue weighted by molar-refractivity contribution is -0.119. The van der Waals surface area contributed by atoms with Crippen LogP contribution in [0.5, 0.6) is 0 Å². The molecule has 2 rings (SSSR count). The molecule has 0 saturated heterocycles. The van der Waals surface area contributed by atoms with Gasteiger partial charge in [0.05, 0.1) is 11.7 Å². The molecular formula is C14H18N4OS. The van der Waals surface area contributed by atoms with Gasteiger partial charge in [0.2, 0.25) is 5.91 Å². The molecule has 0 aliphatic heterocycles. The first-order valence-corrected chi connectivity index (χ1v) is 7.19. The van der Waals surface area contributed by atoms with E-state index in [4.69, 9.17) is 5.73 Å². The van der Waals surface area contributed by atoms with Crippen LogP contribution in [0.4, 0.5) is 5.13 Å². The van der Waals surface area contributed by atoms with Gasteiger partial charge in [-0.15, -0.1) is 11.3 Å². The van der Waals surface area contributed by atoms with Crippen LogP contribution in [-0.4, -0.2) is 21.9 Å². The number of hydrogen-bond donors (Lipinski definition) is 2. The van der Waals surface area contributed by atoms with E-state index in [1.807, 2.05) is 44.4 Å². The third-order valence-corrected chi connectivity index (χ3v) is 3.63. The van der Waals surface area contributed by atoms with Gasteiger partial charge in [0.25, 0.3) is 0 Å². The van der Waals surface area contributed by atoms with E-state index in [-0.39, 0.29) is 11.3 Å². The van der Waals surface area contributed by atoms with Crippen LogP contribution in [0.3, 0.4) is 0 Å². The summed E-state index contributed by atoms with van der Waals surface area (Å²) in [7, 11) is 0. The molecule has 0 spiro atoms. The summed E-state index contributed by atoms with van der Waals surface area (Å²) in [5.74, 6) is -0.223. The molecule has 20 heavy (non-hydrogen) atoms. The van der Waals surface area contributed by atoms with Gasteiger partial charge in [-0.05, 0) is 17.5 Å². The Morgan fingerprint density at radius 2 is 2.10 bits per heavy atom. The summed E-state index contributed by atoms with van der Waals surface area (Å²) in [5, 5.41) is 5.15. The highest BCUT2D eigenvalue weighted by atomic mass is 32.1. The molecule has 0 saturated carbocycles. The lowest BCUT2D eigenvalue weighted by Gasteiger charge is -2.25. The first-order valence-electron chi connectivity index (χ1n) is 6.31. The van der Waals surface area contributed by atoms with Crippen molar-refractivity contribution in [2.24, 2.45) is 11.1 Å². The SMILES string of the molecule is CC(C)(C)[C@H](N)C(=O)Nc1nc(-c2ccccn2)cs1. The topological polar surface area (TPSA) is 80.9 Å². The fourth-order valence-corrected chi connectivity index (χ4v) is 2.25. The van der Waals surface area contributed by atoms with Gasteiger partial charge in [0, 0.05) is 11.6 Å². The third kappa shape index (κ3) is 3.40. The number of pyridine rings is 1. The molecule has 1 atom stereocenters. The fourth-order valence-electron chi connectivity index (χ4n) is 1.54. The quantitative estimate of drug-likeness (QED) is 0.910. The highest BCUT2D eigenvalue weighted by molar-refractivity contribution is 7.14. The molecule has 0 fully saturated rings. The Balaban J connectivity index is 2.09. The van der Waals surface area contributed by atoms with Crippen molar-refractivity contribution in [3.63, 3.8) is 0 Å². The average molecular weight is 290 g/mol. The molecule has 2 heterocycles. The van der Waals surface area contributed by atoms with Gasteiger partial charge < -0.3 is 11.1 Å². The minimum Gasteiger partial charge on any atom is -0.319 e. The highest BCUT2D eigenvalue weighted by Gasteiger charge is 2.27. The Kier molecular flexibility index (Phi) is 4.15. The number of amides is 1. The van der Waals surface area contributed by atoms with Gasteiger partial charge in [-0.3, -0.25) is 9.78 Å². The van der Waals surface area contributed by atoms with Gasteiger partial charge in [-0.1, -0.05) is 26.8 Å². The van der Waals surface area contributed by atoms with E-state index in [2.05, 4.69) is 15.3 Å². The number of anilines is 1. The molecule has 2 aromatic rings. The molecular weight excluding hydrogens is 272 g/mol. The molecule has 2 aromatic heterocycles. The Morgan fingerprint density at radius 3 is 2.70 bits per heavy atom. The van der Waals surface area contributed by atoms with E-state index in [0.717, 1.165) is 11.4 Å². The van der Waals surface area contributed by atoms with Gasteiger partial charge in [-0.2, -0.15) is 0 Å². The molecule has 1 amide bonds. The molecule has 3 N–H and O–H groups in total. The van der Waals surface area contributed by atoms with Crippen LogP contribution in [0.2, 0.25) is 0 Å². The third-order valence-electron chi connectivity index (χ3n) is 2.88. The standard InChI is InChI=1S/C14H18N4OS/c1-14(2,3)11(15)12(19)18-13-17-10(8-20-13)9-6-4-5-7-16-9/h4-8,11H,15H2,1-3H3,(H,17,18,19)/t11-/m1/s1. The van der Waals surface area contributed by atoms with Crippen molar-refractivity contribution >= 4 is 22.4 Å². The van der Waals surface area contributed by atoms with Crippen molar-refractivity contribution in [2.45, 2.75) is 26.8 Å². The number of aromatic nitrogens is 2. The summed E-state index contributed by atoms with van der Waals surface area (Å²) in [4.78, 5) is 20.6. The molecule has 0 aromatic carbocycles. The number of carbonyl (C=O) groups excluding carboxylic acids is 1. The van der Waals surface area contributed by atoms with Crippen LogP contribution in [0.15, 0.2) is 29.8 Å². The second-order valence-electron chi connectivity index (χ2n) is 5.59. The Labute approximate surface area is 122 Å². The van der Waals surface area contributed by atoms with Crippen molar-refractivity contribution in [3.8, 4) is 11.4 Å². The van der Waals surface area contributed by atoms with Crippen molar-refractivity contribution < 1.29 is 4.79 Å². The number of carbonyl (C=O) groups is 1. The van der Waals surface area contributed by atoms with Crippen LogP contribution >= 0.6 is 11.3 Å². The summed E-state index contributed by atoms with van der Waals surface area (Å²) in [5.41, 5.74) is 7.15. The van der Waals surface area contributed by atoms with E-state index < -0.39 is 6.04 Å². The van der Waals surface area contributed by atoms with E-state index in [0.29, 0.717) is 5.13 Å². The summed E-state index contributed by atoms with van der Waals surface area (Å²) in [6.07, 6.45) is 1.71. The zero-order valence-corrected chi connectivity index (χ0v) is 12.6. The molecule has 0 aliphatic rings. The monoisotopic (exact) mass is 290 g/mol. The number of nitrogens with one attached hydrogen (secondary N) is 1. The fraction of sp³-hybridized carbons (Fsp3) is 0.357. The maximum absolute atomic E-state index is 12.0. The summed E-state index contributed by atoms with van der Waals surface area (Å²) in [6, 6.07) is 5.04. The summed E-state index contributed by atoms with van der Waals surface area (Å²) in [6.45, 7) is 5.79. The second-order valence-corrected chi connectivity index (χ2v) is 6.44. The van der Waals surface area contributed by atoms with Crippen molar-refractivity contribution in [1.82, 2.24) is 9.97 Å². The van der Waals surface area contributed by atoms with Crippen molar-refractivity contribution in [1.29, 1.82) is 0 Å². The molecule has 6 heteroatoms. The molecule has 0 aliphatic carbocycles. The number of rotatable bonds is 3. The Morgan fingerprint density at radius 1 is 1.35 bits per heavy atom. The van der Waals surface area contributed by atoms with Crippen molar-refractivity contribution in [3.05, 3.63) is 29.8 Å². The summed E-state index contributed by atoms with van der Waals surface area (Å²) >= 11 is 1.36. The Bertz CT molecular complexity index is 589. The van der Waals surface area contributed by atoms with Crippen LogP contribution in [0.1, 0.15) is 20.8 Å². The number of thiazole rings is 1. The van der Waals surface area contributed by atoms with Gasteiger partial charge in [-0.25, -0.2) is 4.98 Å². The van der Waals surface area contributed by atoms with E-state index in [9.17, 15) is 4.79 Å². The zero-order chi connectivity index (χ0) is 14.8. The second kappa shape index (κ2) is 5.68. The predicted octanol–water partition coefficient (Wildman–Crippen LogP) is 2.52.